The molecule has 4 amide bonds. The average molecular weight is 374 g/mol. The highest BCUT2D eigenvalue weighted by atomic mass is 19.4. The van der Waals surface area contributed by atoms with Gasteiger partial charge in [0.25, 0.3) is 5.91 Å². The molecule has 2 heterocycles. The molecule has 0 bridgehead atoms. The minimum Gasteiger partial charge on any atom is -0.313 e. The maximum atomic E-state index is 12.7. The first-order chi connectivity index (χ1) is 12.1. The molecule has 2 aliphatic rings. The Kier molecular flexibility index (Phi) is 4.36. The number of hydrogen-bond acceptors (Lipinski definition) is 5. The van der Waals surface area contributed by atoms with Gasteiger partial charge in [0.05, 0.1) is 0 Å². The highest BCUT2D eigenvalue weighted by Crippen LogP contribution is 2.39. The molecule has 3 rings (SSSR count). The highest BCUT2D eigenvalue weighted by Gasteiger charge is 2.55. The van der Waals surface area contributed by atoms with Crippen molar-refractivity contribution in [1.29, 1.82) is 0 Å². The normalized spacial score (nSPS) is 20.2. The van der Waals surface area contributed by atoms with Crippen LogP contribution in [0.15, 0.2) is 0 Å². The summed E-state index contributed by atoms with van der Waals surface area (Å²) in [5, 5.41) is 6.96. The standard InChI is InChI=1S/C14H17F3N6O3/c1-22-12(26)23(10(25)13(22)5-3-2-4-6-13)7-8(24)18-11-19-9(20-21-11)14(15,16)17/h2-7H2,1H3,(H2,18,19,20,21,24). The number of carbonyl (C=O) groups is 3. The molecular weight excluding hydrogens is 357 g/mol. The lowest BCUT2D eigenvalue weighted by molar-refractivity contribution is -0.144. The number of rotatable bonds is 3. The number of likely N-dealkylation sites (N-methyl/N-ethyl adjacent to an activating group) is 1. The molecule has 1 saturated heterocycles. The largest absolute Gasteiger partial charge is 0.451 e. The van der Waals surface area contributed by atoms with Crippen molar-refractivity contribution < 1.29 is 27.6 Å². The van der Waals surface area contributed by atoms with E-state index in [0.29, 0.717) is 12.8 Å². The van der Waals surface area contributed by atoms with Gasteiger partial charge in [-0.15, -0.1) is 5.10 Å². The topological polar surface area (TPSA) is 111 Å². The predicted octanol–water partition coefficient (Wildman–Crippen LogP) is 1.36. The molecule has 0 unspecified atom stereocenters. The zero-order chi connectivity index (χ0) is 19.1. The Morgan fingerprint density at radius 2 is 1.92 bits per heavy atom. The van der Waals surface area contributed by atoms with Crippen LogP contribution in [0, 0.1) is 0 Å². The number of H-pyrrole nitrogens is 1. The van der Waals surface area contributed by atoms with E-state index in [1.165, 1.54) is 11.9 Å². The van der Waals surface area contributed by atoms with Crippen LogP contribution in [0.4, 0.5) is 23.9 Å². The van der Waals surface area contributed by atoms with Crippen molar-refractivity contribution in [2.75, 3.05) is 18.9 Å². The van der Waals surface area contributed by atoms with Crippen molar-refractivity contribution in [2.24, 2.45) is 0 Å². The Morgan fingerprint density at radius 1 is 1.27 bits per heavy atom. The maximum Gasteiger partial charge on any atom is 0.451 e. The number of alkyl halides is 3. The zero-order valence-electron chi connectivity index (χ0n) is 13.9. The molecule has 1 aromatic heterocycles. The molecule has 1 spiro atoms. The third-order valence-electron chi connectivity index (χ3n) is 4.79. The van der Waals surface area contributed by atoms with E-state index in [1.54, 1.807) is 5.10 Å². The fourth-order valence-corrected chi connectivity index (χ4v) is 3.42. The fraction of sp³-hybridized carbons (Fsp3) is 0.643. The molecule has 0 radical (unpaired) electrons. The number of aromatic amines is 1. The van der Waals surface area contributed by atoms with Crippen molar-refractivity contribution in [2.45, 2.75) is 43.8 Å². The van der Waals surface area contributed by atoms with E-state index in [9.17, 15) is 27.6 Å². The van der Waals surface area contributed by atoms with Gasteiger partial charge in [-0.2, -0.15) is 18.2 Å². The summed E-state index contributed by atoms with van der Waals surface area (Å²) in [6, 6.07) is -0.599. The van der Waals surface area contributed by atoms with Crippen molar-refractivity contribution in [1.82, 2.24) is 25.0 Å². The van der Waals surface area contributed by atoms with Crippen LogP contribution in [0.2, 0.25) is 0 Å². The molecule has 0 atom stereocenters. The van der Waals surface area contributed by atoms with Gasteiger partial charge in [-0.1, -0.05) is 19.3 Å². The third-order valence-corrected chi connectivity index (χ3v) is 4.79. The highest BCUT2D eigenvalue weighted by molar-refractivity contribution is 6.09. The predicted molar refractivity (Wildman–Crippen MR) is 80.7 cm³/mol. The number of hydrogen-bond donors (Lipinski definition) is 2. The van der Waals surface area contributed by atoms with Crippen LogP contribution in [-0.4, -0.2) is 62.0 Å². The quantitative estimate of drug-likeness (QED) is 0.776. The summed E-state index contributed by atoms with van der Waals surface area (Å²) in [6.45, 7) is -0.611. The average Bonchev–Trinajstić information content (AvgIpc) is 3.12. The van der Waals surface area contributed by atoms with E-state index in [1.807, 2.05) is 0 Å². The first-order valence-corrected chi connectivity index (χ1v) is 8.04. The molecular formula is C14H17F3N6O3. The third kappa shape index (κ3) is 2.99. The van der Waals surface area contributed by atoms with Crippen LogP contribution in [0.3, 0.4) is 0 Å². The molecule has 142 valence electrons. The molecule has 0 aromatic carbocycles. The number of aromatic nitrogens is 3. The Hall–Kier alpha value is -2.66. The van der Waals surface area contributed by atoms with Gasteiger partial charge in [0.2, 0.25) is 17.7 Å². The maximum absolute atomic E-state index is 12.7. The van der Waals surface area contributed by atoms with Crippen molar-refractivity contribution in [3.63, 3.8) is 0 Å². The van der Waals surface area contributed by atoms with Gasteiger partial charge in [0.15, 0.2) is 0 Å². The SMILES string of the molecule is CN1C(=O)N(CC(=O)Nc2n[nH]c(C(F)(F)F)n2)C(=O)C12CCCCC2. The van der Waals surface area contributed by atoms with E-state index in [2.05, 4.69) is 15.4 Å². The molecule has 2 N–H and O–H groups in total. The number of halogens is 3. The zero-order valence-corrected chi connectivity index (χ0v) is 13.9. The Balaban J connectivity index is 1.68. The van der Waals surface area contributed by atoms with Crippen molar-refractivity contribution in [3.8, 4) is 0 Å². The van der Waals surface area contributed by atoms with Crippen molar-refractivity contribution in [3.05, 3.63) is 5.82 Å². The molecule has 12 heteroatoms. The molecule has 2 fully saturated rings. The van der Waals surface area contributed by atoms with Gasteiger partial charge in [0.1, 0.15) is 12.1 Å². The second-order valence-corrected chi connectivity index (χ2v) is 6.38. The number of urea groups is 1. The Bertz CT molecular complexity index is 741. The van der Waals surface area contributed by atoms with Crippen molar-refractivity contribution >= 4 is 23.8 Å². The van der Waals surface area contributed by atoms with Crippen LogP contribution in [0.25, 0.3) is 0 Å². The molecule has 9 nitrogen and oxygen atoms in total. The summed E-state index contributed by atoms with van der Waals surface area (Å²) >= 11 is 0. The fourth-order valence-electron chi connectivity index (χ4n) is 3.42. The second-order valence-electron chi connectivity index (χ2n) is 6.38. The molecule has 1 aliphatic heterocycles. The number of nitrogens with one attached hydrogen (secondary N) is 2. The Morgan fingerprint density at radius 3 is 2.50 bits per heavy atom. The van der Waals surface area contributed by atoms with Crippen LogP contribution in [0.5, 0.6) is 0 Å². The number of imide groups is 1. The lowest BCUT2D eigenvalue weighted by Gasteiger charge is -2.35. The number of anilines is 1. The number of carbonyl (C=O) groups excluding carboxylic acids is 3. The Labute approximate surface area is 145 Å². The monoisotopic (exact) mass is 374 g/mol. The van der Waals surface area contributed by atoms with E-state index in [4.69, 9.17) is 0 Å². The summed E-state index contributed by atoms with van der Waals surface area (Å²) < 4.78 is 37.4. The van der Waals surface area contributed by atoms with Crippen LogP contribution < -0.4 is 5.32 Å². The smallest absolute Gasteiger partial charge is 0.313 e. The molecule has 1 saturated carbocycles. The summed E-state index contributed by atoms with van der Waals surface area (Å²) in [5.41, 5.74) is -0.927. The van der Waals surface area contributed by atoms with Crippen LogP contribution in [-0.2, 0) is 15.8 Å². The summed E-state index contributed by atoms with van der Waals surface area (Å²) in [5.74, 6) is -3.25. The molecule has 26 heavy (non-hydrogen) atoms. The number of amides is 4. The second kappa shape index (κ2) is 6.25. The summed E-state index contributed by atoms with van der Waals surface area (Å²) in [6.07, 6.45) is -1.08. The van der Waals surface area contributed by atoms with Gasteiger partial charge < -0.3 is 4.90 Å². The first-order valence-electron chi connectivity index (χ1n) is 8.04. The van der Waals surface area contributed by atoms with Gasteiger partial charge in [-0.05, 0) is 12.8 Å². The van der Waals surface area contributed by atoms with E-state index >= 15 is 0 Å². The van der Waals surface area contributed by atoms with E-state index < -0.39 is 47.9 Å². The number of nitrogens with zero attached hydrogens (tertiary/aromatic N) is 4. The van der Waals surface area contributed by atoms with Gasteiger partial charge in [0, 0.05) is 7.05 Å². The minimum atomic E-state index is -4.73. The first kappa shape index (κ1) is 18.1. The van der Waals surface area contributed by atoms with Gasteiger partial charge >= 0.3 is 12.2 Å². The lowest BCUT2D eigenvalue weighted by atomic mass is 9.81. The molecule has 1 aromatic rings. The summed E-state index contributed by atoms with van der Waals surface area (Å²) in [4.78, 5) is 42.4. The lowest BCUT2D eigenvalue weighted by Crippen LogP contribution is -2.49. The minimum absolute atomic E-state index is 0.453. The van der Waals surface area contributed by atoms with E-state index in [-0.39, 0.29) is 0 Å². The molecule has 1 aliphatic carbocycles. The van der Waals surface area contributed by atoms with Gasteiger partial charge in [-0.3, -0.25) is 24.9 Å². The summed E-state index contributed by atoms with van der Waals surface area (Å²) in [7, 11) is 1.52. The van der Waals surface area contributed by atoms with Crippen LogP contribution in [0.1, 0.15) is 37.9 Å². The van der Waals surface area contributed by atoms with Gasteiger partial charge in [-0.25, -0.2) is 4.79 Å². The van der Waals surface area contributed by atoms with Crippen LogP contribution >= 0.6 is 0 Å². The van der Waals surface area contributed by atoms with E-state index in [0.717, 1.165) is 24.2 Å².